The lowest BCUT2D eigenvalue weighted by molar-refractivity contribution is -0.0261. The fourth-order valence-corrected chi connectivity index (χ4v) is 3.10. The van der Waals surface area contributed by atoms with E-state index < -0.39 is 5.97 Å². The molecule has 0 fully saturated rings. The first-order chi connectivity index (χ1) is 15.0. The number of nitrogens with zero attached hydrogens (tertiary/aromatic N) is 3. The number of aromatic amines is 1. The molecule has 10 heteroatoms. The Kier molecular flexibility index (Phi) is 6.06. The average molecular weight is 442 g/mol. The number of benzene rings is 2. The lowest BCUT2D eigenvalue weighted by Gasteiger charge is -2.10. The second-order valence-corrected chi connectivity index (χ2v) is 7.08. The summed E-state index contributed by atoms with van der Waals surface area (Å²) in [7, 11) is 1.46. The number of aromatic nitrogens is 4. The molecule has 0 unspecified atom stereocenters. The van der Waals surface area contributed by atoms with Crippen LogP contribution in [0.1, 0.15) is 16.1 Å². The van der Waals surface area contributed by atoms with Crippen LogP contribution >= 0.6 is 11.6 Å². The van der Waals surface area contributed by atoms with Gasteiger partial charge in [0.15, 0.2) is 18.3 Å². The van der Waals surface area contributed by atoms with Gasteiger partial charge in [0.1, 0.15) is 18.0 Å². The highest BCUT2D eigenvalue weighted by molar-refractivity contribution is 6.30. The fraction of sp³-hybridized carbons (Fsp3) is 0.190. The van der Waals surface area contributed by atoms with Gasteiger partial charge in [0.25, 0.3) is 0 Å². The molecule has 2 heterocycles. The predicted molar refractivity (Wildman–Crippen MR) is 115 cm³/mol. The van der Waals surface area contributed by atoms with Gasteiger partial charge in [-0.05, 0) is 49.4 Å². The topological polar surface area (TPSA) is 103 Å². The summed E-state index contributed by atoms with van der Waals surface area (Å²) in [6.07, 6.45) is 0. The molecule has 0 amide bonds. The third-order valence-corrected chi connectivity index (χ3v) is 4.67. The number of aryl methyl sites for hydroxylation is 1. The number of anilines is 1. The largest absolute Gasteiger partial charge is 0.496 e. The normalized spacial score (nSPS) is 10.9. The SMILES string of the molecule is COc1cc(Cl)ccc1C(=O)OCOCNc1ccc(-c2nc3cc(C)[nH]n3n2)cc1. The van der Waals surface area contributed by atoms with Crippen molar-refractivity contribution in [2.75, 3.05) is 26.0 Å². The molecule has 0 saturated carbocycles. The van der Waals surface area contributed by atoms with Crippen LogP contribution < -0.4 is 10.1 Å². The number of rotatable bonds is 8. The number of fused-ring (bicyclic) bond motifs is 1. The molecule has 0 saturated heterocycles. The van der Waals surface area contributed by atoms with E-state index in [-0.39, 0.29) is 19.1 Å². The maximum Gasteiger partial charge on any atom is 0.344 e. The highest BCUT2D eigenvalue weighted by Gasteiger charge is 2.14. The molecule has 4 rings (SSSR count). The Labute approximate surface area is 182 Å². The highest BCUT2D eigenvalue weighted by Crippen LogP contribution is 2.24. The van der Waals surface area contributed by atoms with Crippen molar-refractivity contribution in [1.29, 1.82) is 0 Å². The van der Waals surface area contributed by atoms with Crippen LogP contribution in [0.4, 0.5) is 5.69 Å². The number of H-pyrrole nitrogens is 1. The summed E-state index contributed by atoms with van der Waals surface area (Å²) >= 11 is 5.89. The third kappa shape index (κ3) is 4.79. The molecule has 2 aromatic heterocycles. The Bertz CT molecular complexity index is 1170. The van der Waals surface area contributed by atoms with E-state index in [2.05, 4.69) is 20.5 Å². The third-order valence-electron chi connectivity index (χ3n) is 4.44. The van der Waals surface area contributed by atoms with Gasteiger partial charge in [-0.2, -0.15) is 4.63 Å². The molecule has 160 valence electrons. The van der Waals surface area contributed by atoms with E-state index in [1.165, 1.54) is 7.11 Å². The van der Waals surface area contributed by atoms with Crippen LogP contribution in [0.25, 0.3) is 17.0 Å². The summed E-state index contributed by atoms with van der Waals surface area (Å²) in [6.45, 7) is 1.91. The summed E-state index contributed by atoms with van der Waals surface area (Å²) in [5.74, 6) is 0.422. The van der Waals surface area contributed by atoms with E-state index in [9.17, 15) is 4.79 Å². The van der Waals surface area contributed by atoms with Crippen molar-refractivity contribution in [3.63, 3.8) is 0 Å². The molecule has 0 aliphatic heterocycles. The van der Waals surface area contributed by atoms with Crippen molar-refractivity contribution in [2.45, 2.75) is 6.92 Å². The summed E-state index contributed by atoms with van der Waals surface area (Å²) in [5, 5.41) is 11.1. The maximum atomic E-state index is 12.1. The lowest BCUT2D eigenvalue weighted by atomic mass is 10.2. The molecule has 0 spiro atoms. The number of hydrogen-bond donors (Lipinski definition) is 2. The Morgan fingerprint density at radius 3 is 2.74 bits per heavy atom. The van der Waals surface area contributed by atoms with Crippen molar-refractivity contribution in [3.8, 4) is 17.1 Å². The first kappa shape index (κ1) is 20.7. The smallest absolute Gasteiger partial charge is 0.344 e. The molecule has 9 nitrogen and oxygen atoms in total. The lowest BCUT2D eigenvalue weighted by Crippen LogP contribution is -2.13. The standard InChI is InChI=1S/C21H20ClN5O4/c1-13-9-19-24-20(26-27(19)25-13)14-3-6-16(7-4-14)23-11-30-12-31-21(28)17-8-5-15(22)10-18(17)29-2/h3-10,23,25H,11-12H2,1-2H3. The average Bonchev–Trinajstić information content (AvgIpc) is 3.31. The van der Waals surface area contributed by atoms with Crippen molar-refractivity contribution in [3.05, 3.63) is 64.8 Å². The van der Waals surface area contributed by atoms with Crippen molar-refractivity contribution in [2.24, 2.45) is 0 Å². The highest BCUT2D eigenvalue weighted by atomic mass is 35.5. The molecule has 0 atom stereocenters. The number of carbonyl (C=O) groups excluding carboxylic acids is 1. The number of methoxy groups -OCH3 is 1. The minimum atomic E-state index is -0.558. The van der Waals surface area contributed by atoms with Crippen LogP contribution in [-0.2, 0) is 9.47 Å². The van der Waals surface area contributed by atoms with E-state index >= 15 is 0 Å². The number of esters is 1. The molecule has 0 radical (unpaired) electrons. The molecular weight excluding hydrogens is 422 g/mol. The molecule has 0 aliphatic rings. The maximum absolute atomic E-state index is 12.1. The monoisotopic (exact) mass is 441 g/mol. The van der Waals surface area contributed by atoms with Crippen LogP contribution in [-0.4, -0.2) is 46.4 Å². The minimum absolute atomic E-state index is 0.162. The van der Waals surface area contributed by atoms with Crippen LogP contribution in [0.5, 0.6) is 5.75 Å². The van der Waals surface area contributed by atoms with Crippen molar-refractivity contribution >= 4 is 28.9 Å². The molecule has 0 bridgehead atoms. The van der Waals surface area contributed by atoms with Gasteiger partial charge in [0.05, 0.1) is 7.11 Å². The van der Waals surface area contributed by atoms with Gasteiger partial charge in [-0.3, -0.25) is 5.10 Å². The second-order valence-electron chi connectivity index (χ2n) is 6.64. The molecule has 2 aromatic carbocycles. The van der Waals surface area contributed by atoms with E-state index in [1.54, 1.807) is 22.8 Å². The molecule has 2 N–H and O–H groups in total. The molecule has 31 heavy (non-hydrogen) atoms. The van der Waals surface area contributed by atoms with Gasteiger partial charge in [-0.25, -0.2) is 9.78 Å². The number of nitrogens with one attached hydrogen (secondary N) is 2. The van der Waals surface area contributed by atoms with Crippen LogP contribution in [0.15, 0.2) is 48.5 Å². The van der Waals surface area contributed by atoms with Crippen molar-refractivity contribution < 1.29 is 19.0 Å². The van der Waals surface area contributed by atoms with Gasteiger partial charge in [-0.1, -0.05) is 11.6 Å². The van der Waals surface area contributed by atoms with Gasteiger partial charge in [-0.15, -0.1) is 5.10 Å². The predicted octanol–water partition coefficient (Wildman–Crippen LogP) is 3.90. The second kappa shape index (κ2) is 9.07. The minimum Gasteiger partial charge on any atom is -0.496 e. The Morgan fingerprint density at radius 2 is 2.00 bits per heavy atom. The van der Waals surface area contributed by atoms with Crippen molar-refractivity contribution in [1.82, 2.24) is 19.8 Å². The fourth-order valence-electron chi connectivity index (χ4n) is 2.93. The summed E-state index contributed by atoms with van der Waals surface area (Å²) in [5.41, 5.74) is 3.79. The van der Waals surface area contributed by atoms with E-state index in [0.29, 0.717) is 16.6 Å². The number of carbonyl (C=O) groups is 1. The summed E-state index contributed by atoms with van der Waals surface area (Å²) < 4.78 is 17.2. The van der Waals surface area contributed by atoms with Gasteiger partial charge in [0.2, 0.25) is 0 Å². The quantitative estimate of drug-likeness (QED) is 0.243. The van der Waals surface area contributed by atoms with Gasteiger partial charge < -0.3 is 19.5 Å². The zero-order chi connectivity index (χ0) is 21.8. The van der Waals surface area contributed by atoms with Gasteiger partial charge in [0, 0.05) is 28.0 Å². The summed E-state index contributed by atoms with van der Waals surface area (Å²) in [4.78, 5) is 16.6. The first-order valence-electron chi connectivity index (χ1n) is 9.38. The number of halogens is 1. The summed E-state index contributed by atoms with van der Waals surface area (Å²) in [6, 6.07) is 14.2. The number of ether oxygens (including phenoxy) is 3. The Hall–Kier alpha value is -3.56. The first-order valence-corrected chi connectivity index (χ1v) is 9.76. The Morgan fingerprint density at radius 1 is 1.19 bits per heavy atom. The van der Waals surface area contributed by atoms with E-state index in [1.807, 2.05) is 37.3 Å². The molecule has 4 aromatic rings. The van der Waals surface area contributed by atoms with Crippen LogP contribution in [0, 0.1) is 6.92 Å². The zero-order valence-corrected chi connectivity index (χ0v) is 17.6. The Balaban J connectivity index is 1.24. The van der Waals surface area contributed by atoms with Crippen LogP contribution in [0.3, 0.4) is 0 Å². The van der Waals surface area contributed by atoms with E-state index in [4.69, 9.17) is 25.8 Å². The van der Waals surface area contributed by atoms with Gasteiger partial charge >= 0.3 is 5.97 Å². The molecular formula is C21H20ClN5O4. The number of hydrogen-bond acceptors (Lipinski definition) is 7. The zero-order valence-electron chi connectivity index (χ0n) is 16.9. The molecule has 0 aliphatic carbocycles. The van der Waals surface area contributed by atoms with Crippen LogP contribution in [0.2, 0.25) is 5.02 Å². The van der Waals surface area contributed by atoms with E-state index in [0.717, 1.165) is 22.6 Å².